The lowest BCUT2D eigenvalue weighted by atomic mass is 10.1. The quantitative estimate of drug-likeness (QED) is 0.718. The molecule has 0 spiro atoms. The number of nitrogens with one attached hydrogen (secondary N) is 1. The Kier molecular flexibility index (Phi) is 5.88. The van der Waals surface area contributed by atoms with Crippen LogP contribution in [0.1, 0.15) is 32.3 Å². The number of benzene rings is 2. The fourth-order valence-corrected chi connectivity index (χ4v) is 6.21. The fraction of sp³-hybridized carbons (Fsp3) is 0.381. The molecule has 3 rings (SSSR count). The van der Waals surface area contributed by atoms with E-state index in [2.05, 4.69) is 5.32 Å². The summed E-state index contributed by atoms with van der Waals surface area (Å²) in [4.78, 5) is 12.5. The Bertz CT molecular complexity index is 1050. The van der Waals surface area contributed by atoms with E-state index in [0.29, 0.717) is 10.6 Å². The Morgan fingerprint density at radius 2 is 1.87 bits per heavy atom. The van der Waals surface area contributed by atoms with E-state index in [9.17, 15) is 17.6 Å². The van der Waals surface area contributed by atoms with Crippen molar-refractivity contribution in [1.29, 1.82) is 0 Å². The number of nitrogens with two attached hydrogens (primary N) is 1. The zero-order valence-electron chi connectivity index (χ0n) is 16.9. The molecule has 1 amide bonds. The number of amides is 1. The van der Waals surface area contributed by atoms with Crippen molar-refractivity contribution in [3.63, 3.8) is 0 Å². The van der Waals surface area contributed by atoms with Gasteiger partial charge in [-0.05, 0) is 62.7 Å². The summed E-state index contributed by atoms with van der Waals surface area (Å²) in [6.45, 7) is 4.91. The molecule has 0 heterocycles. The molecule has 0 unspecified atom stereocenters. The molecule has 0 aromatic heterocycles. The van der Waals surface area contributed by atoms with Gasteiger partial charge in [-0.1, -0.05) is 23.7 Å². The van der Waals surface area contributed by atoms with E-state index in [4.69, 9.17) is 22.1 Å². The van der Waals surface area contributed by atoms with Crippen molar-refractivity contribution in [1.82, 2.24) is 5.32 Å². The van der Waals surface area contributed by atoms with Crippen LogP contribution in [0.4, 0.5) is 9.18 Å². The first kappa shape index (κ1) is 22.5. The number of halogens is 2. The molecular weight excluding hydrogens is 431 g/mol. The van der Waals surface area contributed by atoms with Crippen molar-refractivity contribution in [3.8, 4) is 0 Å². The maximum absolute atomic E-state index is 13.9. The molecule has 9 heteroatoms. The van der Waals surface area contributed by atoms with Crippen LogP contribution in [0.25, 0.3) is 0 Å². The van der Waals surface area contributed by atoms with Crippen LogP contribution in [-0.2, 0) is 14.6 Å². The minimum Gasteiger partial charge on any atom is -0.444 e. The van der Waals surface area contributed by atoms with Gasteiger partial charge in [0.25, 0.3) is 0 Å². The van der Waals surface area contributed by atoms with Gasteiger partial charge in [-0.2, -0.15) is 0 Å². The summed E-state index contributed by atoms with van der Waals surface area (Å²) in [7, 11) is -3.93. The molecular formula is C21H24ClFN2O4S. The summed E-state index contributed by atoms with van der Waals surface area (Å²) < 4.78 is 46.1. The van der Waals surface area contributed by atoms with Crippen LogP contribution in [0.15, 0.2) is 53.4 Å². The Morgan fingerprint density at radius 3 is 2.40 bits per heavy atom. The third kappa shape index (κ3) is 4.31. The second-order valence-corrected chi connectivity index (χ2v) is 10.8. The van der Waals surface area contributed by atoms with Crippen LogP contribution in [-0.4, -0.2) is 37.4 Å². The van der Waals surface area contributed by atoms with Crippen molar-refractivity contribution in [3.05, 3.63) is 64.9 Å². The van der Waals surface area contributed by atoms with Crippen LogP contribution < -0.4 is 11.1 Å². The van der Waals surface area contributed by atoms with Gasteiger partial charge in [0.2, 0.25) is 0 Å². The van der Waals surface area contributed by atoms with Crippen LogP contribution in [0.2, 0.25) is 5.02 Å². The first-order chi connectivity index (χ1) is 13.9. The standard InChI is InChI=1S/C21H24ClFN2O4S/c1-20(2,3)29-19(26)25-21(12-24)17(13-5-4-6-15(23)11-13)18(21)30(27,28)16-9-7-14(22)8-10-16/h4-11,17-18H,12,24H2,1-3H3,(H,25,26)/t17-,18+,21+/m0/s1. The van der Waals surface area contributed by atoms with Crippen molar-refractivity contribution in [2.75, 3.05) is 6.54 Å². The molecule has 0 bridgehead atoms. The second kappa shape index (κ2) is 7.83. The number of sulfone groups is 1. The highest BCUT2D eigenvalue weighted by atomic mass is 35.5. The number of alkyl carbamates (subject to hydrolysis) is 1. The molecule has 1 aliphatic carbocycles. The van der Waals surface area contributed by atoms with Crippen LogP contribution >= 0.6 is 11.6 Å². The van der Waals surface area contributed by atoms with E-state index in [-0.39, 0.29) is 11.4 Å². The predicted molar refractivity (Wildman–Crippen MR) is 113 cm³/mol. The Labute approximate surface area is 180 Å². The zero-order valence-corrected chi connectivity index (χ0v) is 18.4. The smallest absolute Gasteiger partial charge is 0.408 e. The topological polar surface area (TPSA) is 98.5 Å². The van der Waals surface area contributed by atoms with Gasteiger partial charge in [-0.3, -0.25) is 0 Å². The monoisotopic (exact) mass is 454 g/mol. The fourth-order valence-electron chi connectivity index (χ4n) is 3.74. The van der Waals surface area contributed by atoms with Crippen molar-refractivity contribution >= 4 is 27.5 Å². The summed E-state index contributed by atoms with van der Waals surface area (Å²) in [6.07, 6.45) is -0.789. The summed E-state index contributed by atoms with van der Waals surface area (Å²) in [6, 6.07) is 11.4. The van der Waals surface area contributed by atoms with Gasteiger partial charge in [-0.25, -0.2) is 17.6 Å². The minimum absolute atomic E-state index is 0.0413. The molecule has 3 N–H and O–H groups in total. The minimum atomic E-state index is -3.93. The highest BCUT2D eigenvalue weighted by Gasteiger charge is 2.71. The highest BCUT2D eigenvalue weighted by Crippen LogP contribution is 2.57. The van der Waals surface area contributed by atoms with Crippen LogP contribution in [0.3, 0.4) is 0 Å². The lowest BCUT2D eigenvalue weighted by Gasteiger charge is -2.24. The number of ether oxygens (including phenoxy) is 1. The number of carbonyl (C=O) groups is 1. The first-order valence-corrected chi connectivity index (χ1v) is 11.3. The van der Waals surface area contributed by atoms with Gasteiger partial charge in [-0.15, -0.1) is 0 Å². The summed E-state index contributed by atoms with van der Waals surface area (Å²) in [5.41, 5.74) is 4.29. The number of hydrogen-bond donors (Lipinski definition) is 2. The van der Waals surface area contributed by atoms with Crippen LogP contribution in [0.5, 0.6) is 0 Å². The Balaban J connectivity index is 2.05. The van der Waals surface area contributed by atoms with Crippen molar-refractivity contribution in [2.24, 2.45) is 5.73 Å². The average Bonchev–Trinajstić information content (AvgIpc) is 3.30. The molecule has 0 radical (unpaired) electrons. The molecule has 1 saturated carbocycles. The van der Waals surface area contributed by atoms with E-state index < -0.39 is 44.1 Å². The third-order valence-electron chi connectivity index (χ3n) is 5.01. The van der Waals surface area contributed by atoms with E-state index in [1.165, 1.54) is 42.5 Å². The lowest BCUT2D eigenvalue weighted by Crippen LogP contribution is -2.49. The molecule has 6 nitrogen and oxygen atoms in total. The summed E-state index contributed by atoms with van der Waals surface area (Å²) >= 11 is 5.88. The second-order valence-electron chi connectivity index (χ2n) is 8.32. The molecule has 1 fully saturated rings. The molecule has 162 valence electrons. The van der Waals surface area contributed by atoms with Gasteiger partial charge < -0.3 is 15.8 Å². The summed E-state index contributed by atoms with van der Waals surface area (Å²) in [5, 5.41) is 1.97. The Hall–Kier alpha value is -2.16. The zero-order chi connectivity index (χ0) is 22.3. The van der Waals surface area contributed by atoms with E-state index in [1.807, 2.05) is 0 Å². The van der Waals surface area contributed by atoms with Gasteiger partial charge in [0, 0.05) is 17.5 Å². The van der Waals surface area contributed by atoms with Gasteiger partial charge in [0.05, 0.1) is 10.4 Å². The normalized spacial score (nSPS) is 23.7. The third-order valence-corrected chi connectivity index (χ3v) is 7.55. The number of carbonyl (C=O) groups excluding carboxylic acids is 1. The summed E-state index contributed by atoms with van der Waals surface area (Å²) in [5.74, 6) is -1.25. The molecule has 2 aromatic carbocycles. The SMILES string of the molecule is CC(C)(C)OC(=O)N[C@@]1(CN)[C@H](S(=O)(=O)c2ccc(Cl)cc2)[C@@H]1c1cccc(F)c1. The highest BCUT2D eigenvalue weighted by molar-refractivity contribution is 7.92. The molecule has 3 atom stereocenters. The maximum atomic E-state index is 13.9. The van der Waals surface area contributed by atoms with E-state index >= 15 is 0 Å². The number of rotatable bonds is 5. The lowest BCUT2D eigenvalue weighted by molar-refractivity contribution is 0.0497. The first-order valence-electron chi connectivity index (χ1n) is 9.37. The van der Waals surface area contributed by atoms with Gasteiger partial charge >= 0.3 is 6.09 Å². The Morgan fingerprint density at radius 1 is 1.23 bits per heavy atom. The predicted octanol–water partition coefficient (Wildman–Crippen LogP) is 3.64. The van der Waals surface area contributed by atoms with E-state index in [0.717, 1.165) is 0 Å². The largest absolute Gasteiger partial charge is 0.444 e. The van der Waals surface area contributed by atoms with Gasteiger partial charge in [0.1, 0.15) is 16.7 Å². The van der Waals surface area contributed by atoms with Gasteiger partial charge in [0.15, 0.2) is 9.84 Å². The maximum Gasteiger partial charge on any atom is 0.408 e. The van der Waals surface area contributed by atoms with Crippen molar-refractivity contribution < 1.29 is 22.3 Å². The molecule has 0 saturated heterocycles. The van der Waals surface area contributed by atoms with Crippen LogP contribution in [0, 0.1) is 5.82 Å². The molecule has 0 aliphatic heterocycles. The van der Waals surface area contributed by atoms with Crippen molar-refractivity contribution in [2.45, 2.75) is 48.0 Å². The van der Waals surface area contributed by atoms with E-state index in [1.54, 1.807) is 26.8 Å². The number of hydrogen-bond acceptors (Lipinski definition) is 5. The average molecular weight is 455 g/mol. The molecule has 1 aliphatic rings. The molecule has 30 heavy (non-hydrogen) atoms. The molecule has 2 aromatic rings.